The van der Waals surface area contributed by atoms with Crippen molar-refractivity contribution in [2.75, 3.05) is 26.2 Å². The van der Waals surface area contributed by atoms with E-state index in [-0.39, 0.29) is 23.8 Å². The molecule has 1 fully saturated rings. The molecule has 1 rings (SSSR count). The molecule has 0 aromatic heterocycles. The first-order chi connectivity index (χ1) is 9.95. The van der Waals surface area contributed by atoms with Crippen LogP contribution in [0.5, 0.6) is 0 Å². The smallest absolute Gasteiger partial charge is 0.309 e. The third-order valence-corrected chi connectivity index (χ3v) is 4.10. The van der Waals surface area contributed by atoms with Gasteiger partial charge in [0, 0.05) is 6.54 Å². The minimum Gasteiger partial charge on any atom is -0.466 e. The predicted molar refractivity (Wildman–Crippen MR) is 82.9 cm³/mol. The van der Waals surface area contributed by atoms with Gasteiger partial charge in [-0.3, -0.25) is 14.5 Å². The monoisotopic (exact) mass is 298 g/mol. The molecule has 5 heteroatoms. The van der Waals surface area contributed by atoms with Crippen molar-refractivity contribution >= 4 is 11.9 Å². The SMILES string of the molecule is CCOC(=O)C1CCN(C(C)C(=O)NCCC(C)C)CC1. The zero-order chi connectivity index (χ0) is 15.8. The van der Waals surface area contributed by atoms with Gasteiger partial charge in [0.2, 0.25) is 5.91 Å². The molecule has 1 aliphatic heterocycles. The van der Waals surface area contributed by atoms with Crippen molar-refractivity contribution < 1.29 is 14.3 Å². The molecule has 0 aromatic rings. The highest BCUT2D eigenvalue weighted by Gasteiger charge is 2.30. The molecule has 0 saturated carbocycles. The number of rotatable bonds is 7. The summed E-state index contributed by atoms with van der Waals surface area (Å²) in [5.74, 6) is 0.592. The Bertz CT molecular complexity index is 336. The van der Waals surface area contributed by atoms with Crippen LogP contribution >= 0.6 is 0 Å². The maximum atomic E-state index is 12.1. The fourth-order valence-electron chi connectivity index (χ4n) is 2.58. The average Bonchev–Trinajstić information content (AvgIpc) is 2.46. The normalized spacial score (nSPS) is 18.5. The number of hydrogen-bond acceptors (Lipinski definition) is 4. The first-order valence-corrected chi connectivity index (χ1v) is 8.14. The van der Waals surface area contributed by atoms with Crippen molar-refractivity contribution in [2.45, 2.75) is 53.0 Å². The highest BCUT2D eigenvalue weighted by molar-refractivity contribution is 5.81. The summed E-state index contributed by atoms with van der Waals surface area (Å²) in [6.45, 7) is 10.8. The summed E-state index contributed by atoms with van der Waals surface area (Å²) < 4.78 is 5.06. The van der Waals surface area contributed by atoms with Gasteiger partial charge in [-0.1, -0.05) is 13.8 Å². The van der Waals surface area contributed by atoms with Gasteiger partial charge in [-0.2, -0.15) is 0 Å². The number of piperidine rings is 1. The first kappa shape index (κ1) is 18.0. The summed E-state index contributed by atoms with van der Waals surface area (Å²) in [6, 6.07) is -0.125. The Hall–Kier alpha value is -1.10. The number of carbonyl (C=O) groups is 2. The summed E-state index contributed by atoms with van der Waals surface area (Å²) in [7, 11) is 0. The van der Waals surface area contributed by atoms with E-state index < -0.39 is 0 Å². The lowest BCUT2D eigenvalue weighted by Gasteiger charge is -2.34. The van der Waals surface area contributed by atoms with Crippen molar-refractivity contribution in [3.63, 3.8) is 0 Å². The van der Waals surface area contributed by atoms with Crippen LogP contribution in [0.15, 0.2) is 0 Å². The molecule has 122 valence electrons. The fraction of sp³-hybridized carbons (Fsp3) is 0.875. The molecule has 0 aliphatic carbocycles. The molecular weight excluding hydrogens is 268 g/mol. The van der Waals surface area contributed by atoms with Gasteiger partial charge in [-0.25, -0.2) is 0 Å². The zero-order valence-corrected chi connectivity index (χ0v) is 13.9. The number of carbonyl (C=O) groups excluding carboxylic acids is 2. The topological polar surface area (TPSA) is 58.6 Å². The van der Waals surface area contributed by atoms with E-state index in [0.717, 1.165) is 38.9 Å². The van der Waals surface area contributed by atoms with Crippen LogP contribution in [0.3, 0.4) is 0 Å². The van der Waals surface area contributed by atoms with Gasteiger partial charge in [-0.15, -0.1) is 0 Å². The second-order valence-corrected chi connectivity index (χ2v) is 6.21. The molecule has 5 nitrogen and oxygen atoms in total. The minimum absolute atomic E-state index is 0.00241. The first-order valence-electron chi connectivity index (χ1n) is 8.14. The quantitative estimate of drug-likeness (QED) is 0.728. The van der Waals surface area contributed by atoms with Crippen molar-refractivity contribution in [2.24, 2.45) is 11.8 Å². The average molecular weight is 298 g/mol. The molecule has 0 aromatic carbocycles. The molecule has 1 N–H and O–H groups in total. The van der Waals surface area contributed by atoms with Crippen LogP contribution < -0.4 is 5.32 Å². The molecule has 1 amide bonds. The van der Waals surface area contributed by atoms with Crippen LogP contribution in [-0.4, -0.2) is 49.1 Å². The molecule has 0 bridgehead atoms. The largest absolute Gasteiger partial charge is 0.466 e. The molecule has 1 saturated heterocycles. The van der Waals surface area contributed by atoms with Crippen molar-refractivity contribution in [3.8, 4) is 0 Å². The van der Waals surface area contributed by atoms with Gasteiger partial charge in [0.15, 0.2) is 0 Å². The lowest BCUT2D eigenvalue weighted by atomic mass is 9.96. The van der Waals surface area contributed by atoms with Gasteiger partial charge < -0.3 is 10.1 Å². The Morgan fingerprint density at radius 3 is 2.38 bits per heavy atom. The third-order valence-electron chi connectivity index (χ3n) is 4.10. The van der Waals surface area contributed by atoms with E-state index in [9.17, 15) is 9.59 Å². The van der Waals surface area contributed by atoms with Crippen LogP contribution in [0.1, 0.15) is 47.0 Å². The maximum absolute atomic E-state index is 12.1. The van der Waals surface area contributed by atoms with E-state index in [4.69, 9.17) is 4.74 Å². The molecule has 0 spiro atoms. The van der Waals surface area contributed by atoms with Crippen LogP contribution in [-0.2, 0) is 14.3 Å². The number of likely N-dealkylation sites (tertiary alicyclic amines) is 1. The van der Waals surface area contributed by atoms with E-state index >= 15 is 0 Å². The number of nitrogens with one attached hydrogen (secondary N) is 1. The third kappa shape index (κ3) is 6.04. The summed E-state index contributed by atoms with van der Waals surface area (Å²) in [4.78, 5) is 25.9. The van der Waals surface area contributed by atoms with Crippen molar-refractivity contribution in [1.82, 2.24) is 10.2 Å². The molecule has 1 atom stereocenters. The summed E-state index contributed by atoms with van der Waals surface area (Å²) in [5.41, 5.74) is 0. The Balaban J connectivity index is 2.32. The predicted octanol–water partition coefficient (Wildman–Crippen LogP) is 1.81. The molecule has 1 unspecified atom stereocenters. The fourth-order valence-corrected chi connectivity index (χ4v) is 2.58. The minimum atomic E-state index is -0.125. The Labute approximate surface area is 128 Å². The number of esters is 1. The van der Waals surface area contributed by atoms with E-state index in [1.807, 2.05) is 13.8 Å². The van der Waals surface area contributed by atoms with Gasteiger partial charge in [0.05, 0.1) is 18.6 Å². The van der Waals surface area contributed by atoms with Crippen LogP contribution in [0.2, 0.25) is 0 Å². The molecular formula is C16H30N2O3. The van der Waals surface area contributed by atoms with E-state index in [0.29, 0.717) is 12.5 Å². The van der Waals surface area contributed by atoms with Crippen molar-refractivity contribution in [3.05, 3.63) is 0 Å². The van der Waals surface area contributed by atoms with Crippen LogP contribution in [0, 0.1) is 11.8 Å². The zero-order valence-electron chi connectivity index (χ0n) is 13.9. The standard InChI is InChI=1S/C16H30N2O3/c1-5-21-16(20)14-7-10-18(11-8-14)13(4)15(19)17-9-6-12(2)3/h12-14H,5-11H2,1-4H3,(H,17,19). The summed E-state index contributed by atoms with van der Waals surface area (Å²) in [6.07, 6.45) is 2.56. The summed E-state index contributed by atoms with van der Waals surface area (Å²) in [5, 5.41) is 2.99. The Morgan fingerprint density at radius 2 is 1.86 bits per heavy atom. The maximum Gasteiger partial charge on any atom is 0.309 e. The highest BCUT2D eigenvalue weighted by Crippen LogP contribution is 2.20. The summed E-state index contributed by atoms with van der Waals surface area (Å²) >= 11 is 0. The van der Waals surface area contributed by atoms with Gasteiger partial charge >= 0.3 is 5.97 Å². The van der Waals surface area contributed by atoms with Gasteiger partial charge in [0.25, 0.3) is 0 Å². The second kappa shape index (κ2) is 9.03. The van der Waals surface area contributed by atoms with E-state index in [1.54, 1.807) is 0 Å². The van der Waals surface area contributed by atoms with E-state index in [2.05, 4.69) is 24.1 Å². The molecule has 0 radical (unpaired) electrons. The van der Waals surface area contributed by atoms with Crippen molar-refractivity contribution in [1.29, 1.82) is 0 Å². The van der Waals surface area contributed by atoms with Gasteiger partial charge in [0.1, 0.15) is 0 Å². The molecule has 1 aliphatic rings. The van der Waals surface area contributed by atoms with Crippen LogP contribution in [0.25, 0.3) is 0 Å². The van der Waals surface area contributed by atoms with Crippen LogP contribution in [0.4, 0.5) is 0 Å². The molecule has 21 heavy (non-hydrogen) atoms. The van der Waals surface area contributed by atoms with E-state index in [1.165, 1.54) is 0 Å². The Kier molecular flexibility index (Phi) is 7.72. The molecule has 1 heterocycles. The number of nitrogens with zero attached hydrogens (tertiary/aromatic N) is 1. The number of ether oxygens (including phenoxy) is 1. The number of hydrogen-bond donors (Lipinski definition) is 1. The lowest BCUT2D eigenvalue weighted by Crippen LogP contribution is -2.49. The lowest BCUT2D eigenvalue weighted by molar-refractivity contribution is -0.149. The Morgan fingerprint density at radius 1 is 1.24 bits per heavy atom. The van der Waals surface area contributed by atoms with Gasteiger partial charge in [-0.05, 0) is 52.1 Å². The highest BCUT2D eigenvalue weighted by atomic mass is 16.5. The number of amides is 1. The second-order valence-electron chi connectivity index (χ2n) is 6.21.